The van der Waals surface area contributed by atoms with Gasteiger partial charge >= 0.3 is 0 Å². The lowest BCUT2D eigenvalue weighted by atomic mass is 9.72. The molecular formula is C22H23F2N5O2. The molecule has 9 heteroatoms. The molecule has 1 aliphatic heterocycles. The number of halogens is 2. The number of hydrogen-bond donors (Lipinski definition) is 2. The topological polar surface area (TPSA) is 104 Å². The number of hydrogen-bond acceptors (Lipinski definition) is 4. The Kier molecular flexibility index (Phi) is 6.70. The van der Waals surface area contributed by atoms with Gasteiger partial charge in [0.05, 0.1) is 12.7 Å². The molecule has 0 aromatic heterocycles. The van der Waals surface area contributed by atoms with Gasteiger partial charge in [-0.1, -0.05) is 24.3 Å². The molecule has 1 fully saturated rings. The third-order valence-electron chi connectivity index (χ3n) is 5.67. The average molecular weight is 427 g/mol. The van der Waals surface area contributed by atoms with Crippen molar-refractivity contribution in [2.24, 2.45) is 10.7 Å². The van der Waals surface area contributed by atoms with Gasteiger partial charge in [-0.05, 0) is 36.6 Å². The van der Waals surface area contributed by atoms with E-state index in [2.05, 4.69) is 10.3 Å². The molecule has 31 heavy (non-hydrogen) atoms. The van der Waals surface area contributed by atoms with E-state index >= 15 is 0 Å². The first-order valence-corrected chi connectivity index (χ1v) is 9.75. The Labute approximate surface area is 179 Å². The van der Waals surface area contributed by atoms with Crippen LogP contribution in [0.2, 0.25) is 0 Å². The maximum atomic E-state index is 14.8. The van der Waals surface area contributed by atoms with E-state index in [0.29, 0.717) is 37.2 Å². The molecule has 1 aliphatic rings. The van der Waals surface area contributed by atoms with Gasteiger partial charge in [0.2, 0.25) is 12.2 Å². The number of piperidine rings is 1. The number of nitriles is 1. The third-order valence-corrected chi connectivity index (χ3v) is 5.67. The second-order valence-electron chi connectivity index (χ2n) is 7.32. The summed E-state index contributed by atoms with van der Waals surface area (Å²) in [5, 5.41) is 11.6. The molecular weight excluding hydrogens is 404 g/mol. The first kappa shape index (κ1) is 22.0. The van der Waals surface area contributed by atoms with Crippen LogP contribution < -0.4 is 15.8 Å². The van der Waals surface area contributed by atoms with E-state index in [1.165, 1.54) is 19.2 Å². The molecule has 0 spiro atoms. The standard InChI is InChI=1S/C22H23F2N5O2/c1-31-18-8-3-2-5-15(18)20(30)27-13-22(16-6-4-7-17(23)19(16)24)9-11-29(12-10-22)21(26)28-14-25/h2-8H,9-13H2,1H3,(H2,26,28)(H,27,30). The first-order valence-electron chi connectivity index (χ1n) is 9.75. The number of methoxy groups -OCH3 is 1. The Morgan fingerprint density at radius 3 is 2.65 bits per heavy atom. The van der Waals surface area contributed by atoms with Crippen molar-refractivity contribution in [3.63, 3.8) is 0 Å². The van der Waals surface area contributed by atoms with E-state index in [1.807, 2.05) is 0 Å². The fourth-order valence-electron chi connectivity index (χ4n) is 3.92. The predicted molar refractivity (Wildman–Crippen MR) is 111 cm³/mol. The maximum absolute atomic E-state index is 14.8. The van der Waals surface area contributed by atoms with E-state index in [0.717, 1.165) is 6.07 Å². The number of para-hydroxylation sites is 1. The highest BCUT2D eigenvalue weighted by molar-refractivity contribution is 5.97. The number of amides is 1. The lowest BCUT2D eigenvalue weighted by Crippen LogP contribution is -2.52. The highest BCUT2D eigenvalue weighted by atomic mass is 19.2. The molecule has 1 amide bonds. The average Bonchev–Trinajstić information content (AvgIpc) is 2.79. The summed E-state index contributed by atoms with van der Waals surface area (Å²) < 4.78 is 34.0. The van der Waals surface area contributed by atoms with Gasteiger partial charge in [0.1, 0.15) is 5.75 Å². The molecule has 0 saturated carbocycles. The number of aliphatic imine (C=N–C) groups is 1. The van der Waals surface area contributed by atoms with Crippen molar-refractivity contribution in [3.05, 3.63) is 65.2 Å². The van der Waals surface area contributed by atoms with Crippen LogP contribution in [-0.2, 0) is 5.41 Å². The summed E-state index contributed by atoms with van der Waals surface area (Å²) in [4.78, 5) is 18.1. The Balaban J connectivity index is 1.87. The number of rotatable bonds is 5. The molecule has 1 heterocycles. The first-order chi connectivity index (χ1) is 14.9. The Morgan fingerprint density at radius 2 is 1.97 bits per heavy atom. The van der Waals surface area contributed by atoms with E-state index < -0.39 is 17.0 Å². The number of nitrogens with zero attached hydrogens (tertiary/aromatic N) is 3. The minimum Gasteiger partial charge on any atom is -0.496 e. The quantitative estimate of drug-likeness (QED) is 0.434. The number of carbonyl (C=O) groups is 1. The van der Waals surface area contributed by atoms with Crippen LogP contribution in [0, 0.1) is 23.1 Å². The molecule has 0 radical (unpaired) electrons. The van der Waals surface area contributed by atoms with Gasteiger partial charge in [-0.15, -0.1) is 4.99 Å². The monoisotopic (exact) mass is 427 g/mol. The van der Waals surface area contributed by atoms with Crippen LogP contribution in [0.5, 0.6) is 5.75 Å². The van der Waals surface area contributed by atoms with Gasteiger partial charge in [0.25, 0.3) is 5.91 Å². The minimum atomic E-state index is -0.944. The predicted octanol–water partition coefficient (Wildman–Crippen LogP) is 2.53. The Morgan fingerprint density at radius 1 is 1.26 bits per heavy atom. The van der Waals surface area contributed by atoms with Crippen LogP contribution in [0.1, 0.15) is 28.8 Å². The van der Waals surface area contributed by atoms with Gasteiger partial charge in [0.15, 0.2) is 11.6 Å². The van der Waals surface area contributed by atoms with Crippen molar-refractivity contribution < 1.29 is 18.3 Å². The summed E-state index contributed by atoms with van der Waals surface area (Å²) in [5.74, 6) is -1.75. The SMILES string of the molecule is COc1ccccc1C(=O)NCC1(c2cccc(F)c2F)CCN(C(N)=NC#N)CC1. The van der Waals surface area contributed by atoms with Crippen LogP contribution in [0.4, 0.5) is 8.78 Å². The molecule has 0 atom stereocenters. The van der Waals surface area contributed by atoms with E-state index in [4.69, 9.17) is 15.7 Å². The Hall–Kier alpha value is -3.67. The second-order valence-corrected chi connectivity index (χ2v) is 7.32. The van der Waals surface area contributed by atoms with Gasteiger partial charge in [-0.2, -0.15) is 5.26 Å². The van der Waals surface area contributed by atoms with Crippen molar-refractivity contribution in [2.75, 3.05) is 26.7 Å². The van der Waals surface area contributed by atoms with Crippen molar-refractivity contribution in [2.45, 2.75) is 18.3 Å². The summed E-state index contributed by atoms with van der Waals surface area (Å²) >= 11 is 0. The fourth-order valence-corrected chi connectivity index (χ4v) is 3.92. The highest BCUT2D eigenvalue weighted by Gasteiger charge is 2.39. The molecule has 0 bridgehead atoms. The molecule has 7 nitrogen and oxygen atoms in total. The molecule has 3 N–H and O–H groups in total. The molecule has 162 valence electrons. The van der Waals surface area contributed by atoms with Crippen LogP contribution in [0.15, 0.2) is 47.5 Å². The smallest absolute Gasteiger partial charge is 0.255 e. The van der Waals surface area contributed by atoms with Crippen molar-refractivity contribution in [1.82, 2.24) is 10.2 Å². The Bertz CT molecular complexity index is 1030. The second kappa shape index (κ2) is 9.43. The summed E-state index contributed by atoms with van der Waals surface area (Å²) in [6.07, 6.45) is 2.40. The van der Waals surface area contributed by atoms with Crippen molar-refractivity contribution >= 4 is 11.9 Å². The number of carbonyl (C=O) groups excluding carboxylic acids is 1. The summed E-state index contributed by atoms with van der Waals surface area (Å²) in [6.45, 7) is 0.836. The van der Waals surface area contributed by atoms with Gasteiger partial charge < -0.3 is 20.7 Å². The zero-order chi connectivity index (χ0) is 22.4. The van der Waals surface area contributed by atoms with E-state index in [1.54, 1.807) is 35.4 Å². The van der Waals surface area contributed by atoms with Crippen molar-refractivity contribution in [1.29, 1.82) is 5.26 Å². The summed E-state index contributed by atoms with van der Waals surface area (Å²) in [5.41, 5.74) is 5.50. The van der Waals surface area contributed by atoms with Gasteiger partial charge in [-0.3, -0.25) is 4.79 Å². The van der Waals surface area contributed by atoms with Crippen LogP contribution in [0.25, 0.3) is 0 Å². The minimum absolute atomic E-state index is 0.0777. The van der Waals surface area contributed by atoms with Crippen LogP contribution in [0.3, 0.4) is 0 Å². The lowest BCUT2D eigenvalue weighted by molar-refractivity contribution is 0.0928. The zero-order valence-electron chi connectivity index (χ0n) is 17.1. The number of ether oxygens (including phenoxy) is 1. The number of guanidine groups is 1. The molecule has 2 aromatic rings. The number of benzene rings is 2. The largest absolute Gasteiger partial charge is 0.496 e. The molecule has 2 aromatic carbocycles. The third kappa shape index (κ3) is 4.58. The number of likely N-dealkylation sites (tertiary alicyclic amines) is 1. The molecule has 3 rings (SSSR count). The van der Waals surface area contributed by atoms with Crippen molar-refractivity contribution in [3.8, 4) is 11.9 Å². The van der Waals surface area contributed by atoms with E-state index in [9.17, 15) is 13.6 Å². The highest BCUT2D eigenvalue weighted by Crippen LogP contribution is 2.37. The van der Waals surface area contributed by atoms with Crippen LogP contribution >= 0.6 is 0 Å². The summed E-state index contributed by atoms with van der Waals surface area (Å²) in [6, 6.07) is 10.8. The van der Waals surface area contributed by atoms with Gasteiger partial charge in [0, 0.05) is 25.0 Å². The number of nitrogens with two attached hydrogens (primary N) is 1. The van der Waals surface area contributed by atoms with Crippen LogP contribution in [-0.4, -0.2) is 43.5 Å². The van der Waals surface area contributed by atoms with E-state index in [-0.39, 0.29) is 24.0 Å². The summed E-state index contributed by atoms with van der Waals surface area (Å²) in [7, 11) is 1.47. The fraction of sp³-hybridized carbons (Fsp3) is 0.318. The zero-order valence-corrected chi connectivity index (χ0v) is 17.1. The lowest BCUT2D eigenvalue weighted by Gasteiger charge is -2.42. The number of nitrogens with one attached hydrogen (secondary N) is 1. The normalized spacial score (nSPS) is 15.8. The maximum Gasteiger partial charge on any atom is 0.255 e. The van der Waals surface area contributed by atoms with Gasteiger partial charge in [-0.25, -0.2) is 8.78 Å². The molecule has 0 unspecified atom stereocenters. The molecule has 1 saturated heterocycles. The molecule has 0 aliphatic carbocycles.